The molecule has 4 aliphatic carbocycles. The molecule has 0 aromatic heterocycles. The molecule has 0 aliphatic heterocycles. The van der Waals surface area contributed by atoms with Crippen molar-refractivity contribution in [3.05, 3.63) is 12.2 Å². The number of aliphatic hydroxyl groups excluding tert-OH is 1. The summed E-state index contributed by atoms with van der Waals surface area (Å²) in [6, 6.07) is 0. The normalized spacial score (nSPS) is 42.8. The lowest BCUT2D eigenvalue weighted by atomic mass is 9.38. The number of fused-ring (bicyclic) bond motifs is 3. The molecule has 0 saturated heterocycles. The number of allylic oxidation sites excluding steroid dienone is 1. The third kappa shape index (κ3) is 3.98. The lowest BCUT2D eigenvalue weighted by Gasteiger charge is -2.68. The highest BCUT2D eigenvalue weighted by Gasteiger charge is 2.78. The molecule has 210 valence electrons. The van der Waals surface area contributed by atoms with Gasteiger partial charge in [-0.2, -0.15) is 0 Å². The van der Waals surface area contributed by atoms with Crippen LogP contribution in [0.15, 0.2) is 12.2 Å². The van der Waals surface area contributed by atoms with Crippen molar-refractivity contribution in [2.24, 2.45) is 34.0 Å². The average molecular weight is 535 g/mol. The largest absolute Gasteiger partial charge is 0.462 e. The Bertz CT molecular complexity index is 1090. The number of ketones is 1. The summed E-state index contributed by atoms with van der Waals surface area (Å²) in [6.07, 6.45) is -4.38. The van der Waals surface area contributed by atoms with Gasteiger partial charge in [0.1, 0.15) is 30.5 Å². The average Bonchev–Trinajstić information content (AvgIpc) is 2.94. The molecule has 10 nitrogen and oxygen atoms in total. The quantitative estimate of drug-likeness (QED) is 0.324. The molecule has 4 rings (SSSR count). The molecule has 1 N–H and O–H groups in total. The van der Waals surface area contributed by atoms with Crippen LogP contribution in [0.2, 0.25) is 0 Å². The molecule has 4 fully saturated rings. The predicted octanol–water partition coefficient (Wildman–Crippen LogP) is 2.29. The van der Waals surface area contributed by atoms with E-state index in [9.17, 15) is 29.1 Å². The zero-order valence-corrected chi connectivity index (χ0v) is 23.1. The van der Waals surface area contributed by atoms with E-state index in [-0.39, 0.29) is 24.5 Å². The van der Waals surface area contributed by atoms with E-state index in [4.69, 9.17) is 18.9 Å². The summed E-state index contributed by atoms with van der Waals surface area (Å²) in [5, 5.41) is 12.0. The first-order valence-electron chi connectivity index (χ1n) is 13.1. The second-order valence-electron chi connectivity index (χ2n) is 12.4. The molecule has 4 saturated carbocycles. The van der Waals surface area contributed by atoms with Crippen molar-refractivity contribution in [3.8, 4) is 0 Å². The van der Waals surface area contributed by atoms with Crippen LogP contribution in [0, 0.1) is 34.0 Å². The minimum atomic E-state index is -1.43. The van der Waals surface area contributed by atoms with Gasteiger partial charge in [0.25, 0.3) is 0 Å². The molecule has 0 aromatic carbocycles. The molecule has 10 heteroatoms. The Hall–Kier alpha value is -2.75. The Morgan fingerprint density at radius 2 is 1.34 bits per heavy atom. The van der Waals surface area contributed by atoms with Gasteiger partial charge in [0.2, 0.25) is 0 Å². The predicted molar refractivity (Wildman–Crippen MR) is 131 cm³/mol. The molecule has 0 heterocycles. The zero-order chi connectivity index (χ0) is 28.5. The summed E-state index contributed by atoms with van der Waals surface area (Å²) >= 11 is 0. The van der Waals surface area contributed by atoms with Gasteiger partial charge in [0.05, 0.1) is 5.41 Å². The van der Waals surface area contributed by atoms with Gasteiger partial charge in [-0.05, 0) is 36.2 Å². The minimum absolute atomic E-state index is 0.123. The Balaban J connectivity index is 1.99. The van der Waals surface area contributed by atoms with Gasteiger partial charge in [0.15, 0.2) is 5.78 Å². The first-order chi connectivity index (χ1) is 17.5. The van der Waals surface area contributed by atoms with Crippen LogP contribution in [0.3, 0.4) is 0 Å². The molecule has 0 radical (unpaired) electrons. The number of hydrogen-bond donors (Lipinski definition) is 1. The highest BCUT2D eigenvalue weighted by molar-refractivity contribution is 6.04. The number of aliphatic hydroxyl groups is 1. The standard InChI is InChI=1S/C28H38O10/c1-12-17-9-18(35-13(2)29)21-27(8)11-19(36-14(3)30)25(38-16(5)32)26(6,7)22(27)20(37-15(4)31)24(34)28(21,10-17)23(12)33/h17-22,24-25,34H,1,9-11H2,2-8H3/t17-,18+,19+,20-,21+,22-,24+,25+,27+,28+/m1/s1. The third-order valence-electron chi connectivity index (χ3n) is 9.57. The summed E-state index contributed by atoms with van der Waals surface area (Å²) in [5.41, 5.74) is -3.05. The number of carbonyl (C=O) groups is 5. The number of carbonyl (C=O) groups excluding carboxylic acids is 5. The first-order valence-corrected chi connectivity index (χ1v) is 13.1. The van der Waals surface area contributed by atoms with Gasteiger partial charge in [-0.15, -0.1) is 0 Å². The summed E-state index contributed by atoms with van der Waals surface area (Å²) in [4.78, 5) is 63.0. The fraction of sp³-hybridized carbons (Fsp3) is 0.750. The molecule has 38 heavy (non-hydrogen) atoms. The van der Waals surface area contributed by atoms with Crippen molar-refractivity contribution < 1.29 is 48.0 Å². The highest BCUT2D eigenvalue weighted by Crippen LogP contribution is 2.72. The maximum atomic E-state index is 14.0. The molecular weight excluding hydrogens is 496 g/mol. The van der Waals surface area contributed by atoms with Crippen molar-refractivity contribution >= 4 is 29.7 Å². The SMILES string of the molecule is C=C1C(=O)[C@]23C[C@H]1C[C@H](OC(C)=O)[C@H]2[C@]1(C)C[C@H](OC(C)=O)[C@H](OC(C)=O)C(C)(C)[C@H]1[C@@H](OC(C)=O)[C@@H]3O. The van der Waals surface area contributed by atoms with Crippen LogP contribution in [0.4, 0.5) is 0 Å². The van der Waals surface area contributed by atoms with Gasteiger partial charge in [-0.25, -0.2) is 0 Å². The fourth-order valence-electron chi connectivity index (χ4n) is 8.95. The Kier molecular flexibility index (Phi) is 6.82. The van der Waals surface area contributed by atoms with Crippen LogP contribution in [-0.2, 0) is 42.9 Å². The zero-order valence-electron chi connectivity index (χ0n) is 23.1. The van der Waals surface area contributed by atoms with Gasteiger partial charge < -0.3 is 24.1 Å². The van der Waals surface area contributed by atoms with Crippen LogP contribution < -0.4 is 0 Å². The topological polar surface area (TPSA) is 143 Å². The number of ether oxygens (including phenoxy) is 4. The van der Waals surface area contributed by atoms with Gasteiger partial charge >= 0.3 is 23.9 Å². The molecular formula is C28H38O10. The van der Waals surface area contributed by atoms with E-state index in [0.717, 1.165) is 0 Å². The van der Waals surface area contributed by atoms with Gasteiger partial charge in [-0.3, -0.25) is 24.0 Å². The fourth-order valence-corrected chi connectivity index (χ4v) is 8.95. The molecule has 0 aromatic rings. The van der Waals surface area contributed by atoms with E-state index >= 15 is 0 Å². The molecule has 2 bridgehead atoms. The minimum Gasteiger partial charge on any atom is -0.462 e. The van der Waals surface area contributed by atoms with E-state index in [1.54, 1.807) is 0 Å². The summed E-state index contributed by atoms with van der Waals surface area (Å²) < 4.78 is 23.1. The van der Waals surface area contributed by atoms with Crippen molar-refractivity contribution in [2.75, 3.05) is 0 Å². The van der Waals surface area contributed by atoms with Crippen LogP contribution in [-0.4, -0.2) is 65.3 Å². The molecule has 1 spiro atoms. The first kappa shape index (κ1) is 28.3. The highest BCUT2D eigenvalue weighted by atomic mass is 16.6. The van der Waals surface area contributed by atoms with Crippen molar-refractivity contribution in [3.63, 3.8) is 0 Å². The van der Waals surface area contributed by atoms with E-state index < -0.39 is 82.5 Å². The number of rotatable bonds is 4. The van der Waals surface area contributed by atoms with Gasteiger partial charge in [-0.1, -0.05) is 27.4 Å². The summed E-state index contributed by atoms with van der Waals surface area (Å²) in [5.74, 6) is -4.31. The van der Waals surface area contributed by atoms with Crippen molar-refractivity contribution in [2.45, 2.75) is 98.2 Å². The smallest absolute Gasteiger partial charge is 0.303 e. The molecule has 0 unspecified atom stereocenters. The molecule has 0 amide bonds. The Morgan fingerprint density at radius 1 is 0.816 bits per heavy atom. The summed E-state index contributed by atoms with van der Waals surface area (Å²) in [7, 11) is 0. The number of Topliss-reactive ketones (excluding diaryl/α,β-unsaturated/α-hetero) is 1. The Labute approximate surface area is 222 Å². The number of esters is 4. The number of hydrogen-bond acceptors (Lipinski definition) is 10. The second kappa shape index (κ2) is 9.17. The second-order valence-corrected chi connectivity index (χ2v) is 12.4. The van der Waals surface area contributed by atoms with E-state index in [1.807, 2.05) is 20.8 Å². The van der Waals surface area contributed by atoms with E-state index in [2.05, 4.69) is 6.58 Å². The van der Waals surface area contributed by atoms with Crippen LogP contribution in [0.25, 0.3) is 0 Å². The van der Waals surface area contributed by atoms with Crippen LogP contribution >= 0.6 is 0 Å². The Morgan fingerprint density at radius 3 is 1.87 bits per heavy atom. The maximum absolute atomic E-state index is 14.0. The van der Waals surface area contributed by atoms with Crippen molar-refractivity contribution in [1.29, 1.82) is 0 Å². The van der Waals surface area contributed by atoms with E-state index in [0.29, 0.717) is 12.0 Å². The monoisotopic (exact) mass is 534 g/mol. The maximum Gasteiger partial charge on any atom is 0.303 e. The van der Waals surface area contributed by atoms with Crippen LogP contribution in [0.5, 0.6) is 0 Å². The lowest BCUT2D eigenvalue weighted by molar-refractivity contribution is -0.299. The lowest BCUT2D eigenvalue weighted by Crippen LogP contribution is -2.75. The van der Waals surface area contributed by atoms with Gasteiger partial charge in [0, 0.05) is 44.9 Å². The van der Waals surface area contributed by atoms with E-state index in [1.165, 1.54) is 27.7 Å². The third-order valence-corrected chi connectivity index (χ3v) is 9.57. The summed E-state index contributed by atoms with van der Waals surface area (Å²) in [6.45, 7) is 14.6. The van der Waals surface area contributed by atoms with Crippen LogP contribution in [0.1, 0.15) is 67.7 Å². The van der Waals surface area contributed by atoms with Crippen molar-refractivity contribution in [1.82, 2.24) is 0 Å². The molecule has 4 aliphatic rings. The molecule has 10 atom stereocenters.